The molecule has 1 saturated carbocycles. The van der Waals surface area contributed by atoms with Crippen molar-refractivity contribution in [3.8, 4) is 0 Å². The summed E-state index contributed by atoms with van der Waals surface area (Å²) in [5, 5.41) is 3.72. The van der Waals surface area contributed by atoms with Crippen LogP contribution in [0.25, 0.3) is 0 Å². The maximum absolute atomic E-state index is 5.40. The zero-order valence-corrected chi connectivity index (χ0v) is 12.5. The zero-order chi connectivity index (χ0) is 13.1. The third kappa shape index (κ3) is 2.89. The van der Waals surface area contributed by atoms with E-state index in [9.17, 15) is 0 Å². The number of hydrogen-bond acceptors (Lipinski definition) is 3. The summed E-state index contributed by atoms with van der Waals surface area (Å²) in [7, 11) is 1.84. The van der Waals surface area contributed by atoms with Gasteiger partial charge in [-0.3, -0.25) is 4.90 Å². The van der Waals surface area contributed by atoms with Crippen LogP contribution in [0.2, 0.25) is 0 Å². The van der Waals surface area contributed by atoms with Crippen LogP contribution in [0.3, 0.4) is 0 Å². The van der Waals surface area contributed by atoms with Crippen LogP contribution in [0.4, 0.5) is 0 Å². The zero-order valence-electron chi connectivity index (χ0n) is 12.5. The molecule has 106 valence electrons. The molecule has 0 bridgehead atoms. The Balaban J connectivity index is 1.82. The molecule has 0 aromatic carbocycles. The SMILES string of the molecule is CCCNC1CCN(C2CC(OC)C2)C(C)C1C. The van der Waals surface area contributed by atoms with Crippen LogP contribution in [0.15, 0.2) is 0 Å². The summed E-state index contributed by atoms with van der Waals surface area (Å²) in [6, 6.07) is 2.20. The Morgan fingerprint density at radius 3 is 2.61 bits per heavy atom. The summed E-state index contributed by atoms with van der Waals surface area (Å²) >= 11 is 0. The number of ether oxygens (including phenoxy) is 1. The van der Waals surface area contributed by atoms with E-state index in [1.165, 1.54) is 32.2 Å². The molecule has 0 aromatic heterocycles. The molecular formula is C15H30N2O. The standard InChI is InChI=1S/C15H30N2O/c1-5-7-16-15-6-8-17(12(3)11(15)2)13-9-14(10-13)18-4/h11-16H,5-10H2,1-4H3. The summed E-state index contributed by atoms with van der Waals surface area (Å²) in [5.41, 5.74) is 0. The maximum Gasteiger partial charge on any atom is 0.0601 e. The molecule has 0 spiro atoms. The van der Waals surface area contributed by atoms with Gasteiger partial charge in [0.15, 0.2) is 0 Å². The lowest BCUT2D eigenvalue weighted by atomic mass is 9.80. The Bertz CT molecular complexity index is 253. The Morgan fingerprint density at radius 2 is 2.00 bits per heavy atom. The fraction of sp³-hybridized carbons (Fsp3) is 1.00. The van der Waals surface area contributed by atoms with Gasteiger partial charge < -0.3 is 10.1 Å². The molecule has 2 aliphatic rings. The summed E-state index contributed by atoms with van der Waals surface area (Å²) < 4.78 is 5.40. The second kappa shape index (κ2) is 6.36. The molecule has 0 aromatic rings. The number of rotatable bonds is 5. The number of nitrogens with one attached hydrogen (secondary N) is 1. The Kier molecular flexibility index (Phi) is 5.05. The first-order valence-electron chi connectivity index (χ1n) is 7.69. The summed E-state index contributed by atoms with van der Waals surface area (Å²) in [4.78, 5) is 2.73. The summed E-state index contributed by atoms with van der Waals surface area (Å²) in [5.74, 6) is 0.756. The van der Waals surface area contributed by atoms with Crippen molar-refractivity contribution in [3.63, 3.8) is 0 Å². The lowest BCUT2D eigenvalue weighted by Crippen LogP contribution is -2.59. The summed E-state index contributed by atoms with van der Waals surface area (Å²) in [6.45, 7) is 9.49. The molecule has 1 aliphatic heterocycles. The first kappa shape index (κ1) is 14.3. The fourth-order valence-electron chi connectivity index (χ4n) is 3.53. The van der Waals surface area contributed by atoms with Crippen LogP contribution in [-0.2, 0) is 4.74 Å². The predicted octanol–water partition coefficient (Wildman–Crippen LogP) is 2.26. The molecule has 18 heavy (non-hydrogen) atoms. The van der Waals surface area contributed by atoms with Gasteiger partial charge in [0, 0.05) is 31.8 Å². The topological polar surface area (TPSA) is 24.5 Å². The van der Waals surface area contributed by atoms with Crippen LogP contribution < -0.4 is 5.32 Å². The van der Waals surface area contributed by atoms with E-state index < -0.39 is 0 Å². The van der Waals surface area contributed by atoms with Crippen molar-refractivity contribution in [2.45, 2.75) is 70.7 Å². The molecule has 1 N–H and O–H groups in total. The highest BCUT2D eigenvalue weighted by molar-refractivity contribution is 4.96. The highest BCUT2D eigenvalue weighted by atomic mass is 16.5. The molecule has 0 radical (unpaired) electrons. The molecule has 2 fully saturated rings. The van der Waals surface area contributed by atoms with E-state index in [4.69, 9.17) is 4.74 Å². The van der Waals surface area contributed by atoms with Crippen molar-refractivity contribution in [1.82, 2.24) is 10.2 Å². The molecule has 3 nitrogen and oxygen atoms in total. The van der Waals surface area contributed by atoms with E-state index in [0.29, 0.717) is 12.1 Å². The monoisotopic (exact) mass is 254 g/mol. The van der Waals surface area contributed by atoms with Crippen LogP contribution >= 0.6 is 0 Å². The fourth-order valence-corrected chi connectivity index (χ4v) is 3.53. The molecule has 3 heteroatoms. The number of likely N-dealkylation sites (tertiary alicyclic amines) is 1. The van der Waals surface area contributed by atoms with E-state index in [-0.39, 0.29) is 0 Å². The highest BCUT2D eigenvalue weighted by Crippen LogP contribution is 2.34. The van der Waals surface area contributed by atoms with E-state index in [1.807, 2.05) is 7.11 Å². The average Bonchev–Trinajstić information content (AvgIpc) is 2.32. The number of hydrogen-bond donors (Lipinski definition) is 1. The number of methoxy groups -OCH3 is 1. The summed E-state index contributed by atoms with van der Waals surface area (Å²) in [6.07, 6.45) is 5.54. The van der Waals surface area contributed by atoms with Gasteiger partial charge in [-0.2, -0.15) is 0 Å². The van der Waals surface area contributed by atoms with Gasteiger partial charge in [0.2, 0.25) is 0 Å². The molecule has 0 amide bonds. The minimum Gasteiger partial charge on any atom is -0.381 e. The van der Waals surface area contributed by atoms with Crippen LogP contribution in [-0.4, -0.2) is 49.3 Å². The quantitative estimate of drug-likeness (QED) is 0.814. The van der Waals surface area contributed by atoms with Gasteiger partial charge >= 0.3 is 0 Å². The van der Waals surface area contributed by atoms with Gasteiger partial charge in [-0.1, -0.05) is 13.8 Å². The normalized spacial score (nSPS) is 41.7. The molecule has 1 saturated heterocycles. The van der Waals surface area contributed by atoms with Gasteiger partial charge in [0.05, 0.1) is 6.10 Å². The third-order valence-corrected chi connectivity index (χ3v) is 5.15. The number of nitrogens with zero attached hydrogens (tertiary/aromatic N) is 1. The minimum absolute atomic E-state index is 0.522. The van der Waals surface area contributed by atoms with E-state index in [0.717, 1.165) is 24.5 Å². The van der Waals surface area contributed by atoms with Gasteiger partial charge in [0.1, 0.15) is 0 Å². The molecular weight excluding hydrogens is 224 g/mol. The van der Waals surface area contributed by atoms with Crippen LogP contribution in [0, 0.1) is 5.92 Å². The lowest BCUT2D eigenvalue weighted by molar-refractivity contribution is -0.0606. The predicted molar refractivity (Wildman–Crippen MR) is 75.8 cm³/mol. The molecule has 3 atom stereocenters. The Hall–Kier alpha value is -0.120. The maximum atomic E-state index is 5.40. The van der Waals surface area contributed by atoms with Crippen molar-refractivity contribution in [3.05, 3.63) is 0 Å². The molecule has 3 unspecified atom stereocenters. The second-order valence-electron chi connectivity index (χ2n) is 6.17. The second-order valence-corrected chi connectivity index (χ2v) is 6.17. The van der Waals surface area contributed by atoms with Gasteiger partial charge in [-0.15, -0.1) is 0 Å². The first-order chi connectivity index (χ1) is 8.67. The highest BCUT2D eigenvalue weighted by Gasteiger charge is 2.40. The van der Waals surface area contributed by atoms with Gasteiger partial charge in [0.25, 0.3) is 0 Å². The van der Waals surface area contributed by atoms with Gasteiger partial charge in [-0.05, 0) is 45.1 Å². The first-order valence-corrected chi connectivity index (χ1v) is 7.69. The average molecular weight is 254 g/mol. The van der Waals surface area contributed by atoms with Crippen molar-refractivity contribution in [2.24, 2.45) is 5.92 Å². The van der Waals surface area contributed by atoms with Crippen LogP contribution in [0.1, 0.15) is 46.5 Å². The van der Waals surface area contributed by atoms with Crippen molar-refractivity contribution < 1.29 is 4.74 Å². The lowest BCUT2D eigenvalue weighted by Gasteiger charge is -2.51. The van der Waals surface area contributed by atoms with Gasteiger partial charge in [-0.25, -0.2) is 0 Å². The Morgan fingerprint density at radius 1 is 1.28 bits per heavy atom. The Labute approximate surface area is 112 Å². The van der Waals surface area contributed by atoms with E-state index >= 15 is 0 Å². The van der Waals surface area contributed by atoms with Crippen molar-refractivity contribution >= 4 is 0 Å². The largest absolute Gasteiger partial charge is 0.381 e. The molecule has 1 heterocycles. The molecule has 1 aliphatic carbocycles. The smallest absolute Gasteiger partial charge is 0.0601 e. The minimum atomic E-state index is 0.522. The van der Waals surface area contributed by atoms with Crippen molar-refractivity contribution in [2.75, 3.05) is 20.2 Å². The van der Waals surface area contributed by atoms with Crippen molar-refractivity contribution in [1.29, 1.82) is 0 Å². The van der Waals surface area contributed by atoms with E-state index in [2.05, 4.69) is 31.0 Å². The van der Waals surface area contributed by atoms with Crippen LogP contribution in [0.5, 0.6) is 0 Å². The third-order valence-electron chi connectivity index (χ3n) is 5.15. The molecule has 2 rings (SSSR count). The number of piperidine rings is 1. The van der Waals surface area contributed by atoms with E-state index in [1.54, 1.807) is 0 Å².